The number of hydrogen-bond acceptors (Lipinski definition) is 4. The molecule has 7 aromatic carbocycles. The molecule has 256 valence electrons. The van der Waals surface area contributed by atoms with Gasteiger partial charge in [-0.1, -0.05) is 97.1 Å². The highest BCUT2D eigenvalue weighted by atomic mass is 15.4. The fourth-order valence-corrected chi connectivity index (χ4v) is 8.68. The molecular weight excluding hydrogens is 659 g/mol. The third-order valence-electron chi connectivity index (χ3n) is 11.0. The SMILES string of the molecule is c1ccc(N2CN(c3cccc(N(c4ccccc4)c4ccc5c6c7c(ccc6n(-c6ccccn6)c5c4)Cc4ccccc4-7)c3)c3ccccc32)cc1. The molecule has 5 nitrogen and oxygen atoms in total. The minimum Gasteiger partial charge on any atom is -0.321 e. The molecule has 1 aliphatic carbocycles. The summed E-state index contributed by atoms with van der Waals surface area (Å²) in [7, 11) is 0. The summed E-state index contributed by atoms with van der Waals surface area (Å²) >= 11 is 0. The molecule has 54 heavy (non-hydrogen) atoms. The zero-order valence-electron chi connectivity index (χ0n) is 29.5. The van der Waals surface area contributed by atoms with Gasteiger partial charge in [-0.25, -0.2) is 4.98 Å². The average molecular weight is 694 g/mol. The van der Waals surface area contributed by atoms with Gasteiger partial charge in [0.05, 0.1) is 22.4 Å². The lowest BCUT2D eigenvalue weighted by atomic mass is 9.99. The first-order chi connectivity index (χ1) is 26.8. The Morgan fingerprint density at radius 3 is 1.98 bits per heavy atom. The topological polar surface area (TPSA) is 27.5 Å². The van der Waals surface area contributed by atoms with E-state index in [-0.39, 0.29) is 0 Å². The molecule has 1 aliphatic heterocycles. The number of benzene rings is 7. The van der Waals surface area contributed by atoms with Crippen LogP contribution in [0.5, 0.6) is 0 Å². The smallest absolute Gasteiger partial charge is 0.137 e. The second-order valence-corrected chi connectivity index (χ2v) is 14.1. The summed E-state index contributed by atoms with van der Waals surface area (Å²) in [5.74, 6) is 0.907. The van der Waals surface area contributed by atoms with Gasteiger partial charge < -0.3 is 14.7 Å². The molecule has 0 radical (unpaired) electrons. The van der Waals surface area contributed by atoms with Gasteiger partial charge in [0.25, 0.3) is 0 Å². The molecule has 3 heterocycles. The van der Waals surface area contributed by atoms with Gasteiger partial charge in [0.15, 0.2) is 0 Å². The lowest BCUT2D eigenvalue weighted by molar-refractivity contribution is 0.990. The minimum atomic E-state index is 0.724. The zero-order chi connectivity index (χ0) is 35.6. The molecule has 0 fully saturated rings. The molecule has 0 atom stereocenters. The second-order valence-electron chi connectivity index (χ2n) is 14.1. The third-order valence-corrected chi connectivity index (χ3v) is 11.0. The molecule has 5 heteroatoms. The first-order valence-corrected chi connectivity index (χ1v) is 18.5. The zero-order valence-corrected chi connectivity index (χ0v) is 29.5. The number of hydrogen-bond donors (Lipinski definition) is 0. The van der Waals surface area contributed by atoms with E-state index < -0.39 is 0 Å². The summed E-state index contributed by atoms with van der Waals surface area (Å²) in [6.07, 6.45) is 2.84. The lowest BCUT2D eigenvalue weighted by Crippen LogP contribution is -2.24. The van der Waals surface area contributed by atoms with Crippen molar-refractivity contribution in [1.29, 1.82) is 0 Å². The Bertz CT molecular complexity index is 2850. The molecule has 0 spiro atoms. The van der Waals surface area contributed by atoms with Crippen LogP contribution < -0.4 is 14.7 Å². The van der Waals surface area contributed by atoms with Crippen molar-refractivity contribution in [2.75, 3.05) is 21.4 Å². The highest BCUT2D eigenvalue weighted by molar-refractivity contribution is 6.18. The molecule has 11 rings (SSSR count). The summed E-state index contributed by atoms with van der Waals surface area (Å²) in [6, 6.07) is 65.6. The summed E-state index contributed by atoms with van der Waals surface area (Å²) < 4.78 is 2.34. The average Bonchev–Trinajstić information content (AvgIpc) is 3.92. The van der Waals surface area contributed by atoms with Gasteiger partial charge in [0, 0.05) is 45.4 Å². The number of rotatable bonds is 6. The quantitative estimate of drug-likeness (QED) is 0.173. The first-order valence-electron chi connectivity index (χ1n) is 18.5. The van der Waals surface area contributed by atoms with Gasteiger partial charge in [0.1, 0.15) is 12.5 Å². The number of para-hydroxylation sites is 4. The largest absolute Gasteiger partial charge is 0.321 e. The van der Waals surface area contributed by atoms with Crippen molar-refractivity contribution in [3.63, 3.8) is 0 Å². The van der Waals surface area contributed by atoms with Crippen molar-refractivity contribution < 1.29 is 0 Å². The van der Waals surface area contributed by atoms with E-state index in [1.54, 1.807) is 0 Å². The maximum Gasteiger partial charge on any atom is 0.137 e. The predicted octanol–water partition coefficient (Wildman–Crippen LogP) is 12.5. The van der Waals surface area contributed by atoms with E-state index in [0.29, 0.717) is 0 Å². The first kappa shape index (κ1) is 30.5. The van der Waals surface area contributed by atoms with Crippen LogP contribution in [0, 0.1) is 0 Å². The van der Waals surface area contributed by atoms with Crippen molar-refractivity contribution in [2.45, 2.75) is 6.42 Å². The molecular formula is C49H35N5. The third kappa shape index (κ3) is 4.75. The molecule has 0 N–H and O–H groups in total. The summed E-state index contributed by atoms with van der Waals surface area (Å²) in [5, 5.41) is 2.51. The van der Waals surface area contributed by atoms with E-state index in [1.807, 2.05) is 12.3 Å². The van der Waals surface area contributed by atoms with E-state index in [4.69, 9.17) is 4.98 Å². The standard InChI is InChI=1S/C49H35N5/c1-3-15-36(16-4-1)51-33-52(44-23-10-9-22-43(44)51)38-19-13-20-39(31-38)53(37-17-5-2-6-18-37)40-26-27-42-46(32-40)54(47-24-11-12-29-50-47)45-28-25-35-30-34-14-7-8-21-41(34)48(35)49(42)45/h1-29,31-32H,30,33H2. The molecule has 0 saturated heterocycles. The van der Waals surface area contributed by atoms with E-state index in [1.165, 1.54) is 55.6 Å². The van der Waals surface area contributed by atoms with Crippen molar-refractivity contribution >= 4 is 61.6 Å². The summed E-state index contributed by atoms with van der Waals surface area (Å²) in [6.45, 7) is 0.724. The highest BCUT2D eigenvalue weighted by Crippen LogP contribution is 2.48. The second kappa shape index (κ2) is 12.2. The van der Waals surface area contributed by atoms with Crippen molar-refractivity contribution in [1.82, 2.24) is 9.55 Å². The van der Waals surface area contributed by atoms with Crippen molar-refractivity contribution in [3.05, 3.63) is 199 Å². The van der Waals surface area contributed by atoms with Gasteiger partial charge in [0.2, 0.25) is 0 Å². The normalized spacial score (nSPS) is 13.0. The lowest BCUT2D eigenvalue weighted by Gasteiger charge is -2.28. The Morgan fingerprint density at radius 2 is 1.17 bits per heavy atom. The number of fused-ring (bicyclic) bond motifs is 8. The summed E-state index contributed by atoms with van der Waals surface area (Å²) in [5.41, 5.74) is 15.7. The van der Waals surface area contributed by atoms with Crippen LogP contribution >= 0.6 is 0 Å². The monoisotopic (exact) mass is 693 g/mol. The van der Waals surface area contributed by atoms with Crippen LogP contribution in [0.15, 0.2) is 188 Å². The van der Waals surface area contributed by atoms with Gasteiger partial charge >= 0.3 is 0 Å². The Hall–Kier alpha value is -7.11. The molecule has 2 aromatic heterocycles. The van der Waals surface area contributed by atoms with Crippen LogP contribution in [0.1, 0.15) is 11.1 Å². The Morgan fingerprint density at radius 1 is 0.481 bits per heavy atom. The predicted molar refractivity (Wildman–Crippen MR) is 224 cm³/mol. The highest BCUT2D eigenvalue weighted by Gasteiger charge is 2.29. The molecule has 2 aliphatic rings. The van der Waals surface area contributed by atoms with Crippen molar-refractivity contribution in [2.24, 2.45) is 0 Å². The van der Waals surface area contributed by atoms with Crippen LogP contribution in [0.4, 0.5) is 39.8 Å². The molecule has 0 bridgehead atoms. The minimum absolute atomic E-state index is 0.724. The van der Waals surface area contributed by atoms with Crippen LogP contribution in [-0.4, -0.2) is 16.2 Å². The molecule has 0 unspecified atom stereocenters. The Kier molecular flexibility index (Phi) is 6.92. The van der Waals surface area contributed by atoms with Gasteiger partial charge in [-0.15, -0.1) is 0 Å². The maximum absolute atomic E-state index is 4.89. The summed E-state index contributed by atoms with van der Waals surface area (Å²) in [4.78, 5) is 12.1. The van der Waals surface area contributed by atoms with Crippen molar-refractivity contribution in [3.8, 4) is 16.9 Å². The van der Waals surface area contributed by atoms with Gasteiger partial charge in [-0.3, -0.25) is 4.57 Å². The maximum atomic E-state index is 4.89. The van der Waals surface area contributed by atoms with E-state index in [0.717, 1.165) is 47.2 Å². The fraction of sp³-hybridized carbons (Fsp3) is 0.0408. The van der Waals surface area contributed by atoms with Gasteiger partial charge in [-0.05, 0) is 114 Å². The van der Waals surface area contributed by atoms with E-state index >= 15 is 0 Å². The van der Waals surface area contributed by atoms with Crippen LogP contribution in [-0.2, 0) is 6.42 Å². The fourth-order valence-electron chi connectivity index (χ4n) is 8.68. The molecule has 0 amide bonds. The Labute approximate surface area is 314 Å². The Balaban J connectivity index is 1.09. The molecule has 9 aromatic rings. The van der Waals surface area contributed by atoms with Crippen LogP contribution in [0.2, 0.25) is 0 Å². The number of aromatic nitrogens is 2. The number of nitrogens with zero attached hydrogens (tertiary/aromatic N) is 5. The molecule has 0 saturated carbocycles. The number of anilines is 7. The van der Waals surface area contributed by atoms with Gasteiger partial charge in [-0.2, -0.15) is 0 Å². The number of pyridine rings is 1. The van der Waals surface area contributed by atoms with Crippen LogP contribution in [0.3, 0.4) is 0 Å². The van der Waals surface area contributed by atoms with Crippen LogP contribution in [0.25, 0.3) is 38.8 Å². The van der Waals surface area contributed by atoms with E-state index in [2.05, 4.69) is 195 Å². The van der Waals surface area contributed by atoms with E-state index in [9.17, 15) is 0 Å².